The van der Waals surface area contributed by atoms with E-state index in [2.05, 4.69) is 10.1 Å². The Labute approximate surface area is 110 Å². The third kappa shape index (κ3) is 2.42. The molecule has 1 aromatic heterocycles. The molecule has 19 heavy (non-hydrogen) atoms. The van der Waals surface area contributed by atoms with Gasteiger partial charge < -0.3 is 10.3 Å². The number of benzene rings is 1. The average Bonchev–Trinajstić information content (AvgIpc) is 3.07. The summed E-state index contributed by atoms with van der Waals surface area (Å²) in [5, 5.41) is 3.79. The molecule has 2 atom stereocenters. The van der Waals surface area contributed by atoms with Crippen molar-refractivity contribution in [1.82, 2.24) is 10.1 Å². The summed E-state index contributed by atoms with van der Waals surface area (Å²) in [6.07, 6.45) is 2.76. The summed E-state index contributed by atoms with van der Waals surface area (Å²) in [6, 6.07) is 9.16. The van der Waals surface area contributed by atoms with Crippen LogP contribution in [0.15, 0.2) is 34.9 Å². The molecule has 5 nitrogen and oxygen atoms in total. The summed E-state index contributed by atoms with van der Waals surface area (Å²) in [7, 11) is 0. The molecule has 2 aromatic rings. The van der Waals surface area contributed by atoms with Crippen LogP contribution in [0, 0.1) is 0 Å². The highest BCUT2D eigenvalue weighted by atomic mass is 16.5. The predicted molar refractivity (Wildman–Crippen MR) is 68.7 cm³/mol. The Hall–Kier alpha value is -2.01. The topological polar surface area (TPSA) is 82.0 Å². The van der Waals surface area contributed by atoms with Gasteiger partial charge in [0.15, 0.2) is 0 Å². The monoisotopic (exact) mass is 257 g/mol. The zero-order valence-corrected chi connectivity index (χ0v) is 10.5. The summed E-state index contributed by atoms with van der Waals surface area (Å²) >= 11 is 0. The van der Waals surface area contributed by atoms with Crippen LogP contribution < -0.4 is 5.73 Å². The molecular weight excluding hydrogens is 242 g/mol. The van der Waals surface area contributed by atoms with Crippen LogP contribution in [0.1, 0.15) is 47.3 Å². The molecular formula is C14H15N3O2. The van der Waals surface area contributed by atoms with Gasteiger partial charge in [-0.05, 0) is 19.3 Å². The highest BCUT2D eigenvalue weighted by Gasteiger charge is 2.28. The molecule has 0 unspecified atom stereocenters. The van der Waals surface area contributed by atoms with E-state index in [-0.39, 0.29) is 23.6 Å². The first-order valence-corrected chi connectivity index (χ1v) is 6.43. The normalized spacial score (nSPS) is 22.6. The number of rotatable bonds is 3. The van der Waals surface area contributed by atoms with Gasteiger partial charge in [-0.2, -0.15) is 4.98 Å². The van der Waals surface area contributed by atoms with Gasteiger partial charge >= 0.3 is 0 Å². The van der Waals surface area contributed by atoms with E-state index < -0.39 is 0 Å². The third-order valence-corrected chi connectivity index (χ3v) is 3.50. The minimum absolute atomic E-state index is 0.127. The predicted octanol–water partition coefficient (Wildman–Crippen LogP) is 1.90. The summed E-state index contributed by atoms with van der Waals surface area (Å²) in [5.41, 5.74) is 6.43. The molecule has 2 N–H and O–H groups in total. The van der Waals surface area contributed by atoms with Gasteiger partial charge in [0.05, 0.1) is 0 Å². The van der Waals surface area contributed by atoms with Crippen LogP contribution in [-0.4, -0.2) is 22.0 Å². The fourth-order valence-electron chi connectivity index (χ4n) is 2.45. The molecule has 3 rings (SSSR count). The van der Waals surface area contributed by atoms with Gasteiger partial charge in [0.1, 0.15) is 0 Å². The van der Waals surface area contributed by atoms with Crippen LogP contribution in [0.3, 0.4) is 0 Å². The van der Waals surface area contributed by atoms with Gasteiger partial charge in [0.25, 0.3) is 0 Å². The first-order chi connectivity index (χ1) is 9.24. The van der Waals surface area contributed by atoms with Crippen molar-refractivity contribution < 1.29 is 9.32 Å². The number of aromatic nitrogens is 2. The second kappa shape index (κ2) is 4.93. The van der Waals surface area contributed by atoms with E-state index in [1.807, 2.05) is 18.2 Å². The van der Waals surface area contributed by atoms with Crippen molar-refractivity contribution in [3.63, 3.8) is 0 Å². The lowest BCUT2D eigenvalue weighted by Gasteiger charge is -2.01. The number of nitrogens with two attached hydrogens (primary N) is 1. The van der Waals surface area contributed by atoms with Crippen LogP contribution in [0.25, 0.3) is 0 Å². The maximum absolute atomic E-state index is 12.1. The lowest BCUT2D eigenvalue weighted by atomic mass is 10.1. The third-order valence-electron chi connectivity index (χ3n) is 3.50. The number of ketones is 1. The first-order valence-electron chi connectivity index (χ1n) is 6.43. The van der Waals surface area contributed by atoms with Gasteiger partial charge in [-0.3, -0.25) is 4.79 Å². The summed E-state index contributed by atoms with van der Waals surface area (Å²) in [5.74, 6) is 0.645. The molecule has 1 heterocycles. The number of nitrogens with zero attached hydrogens (tertiary/aromatic N) is 2. The molecule has 1 aromatic carbocycles. The van der Waals surface area contributed by atoms with E-state index in [4.69, 9.17) is 10.3 Å². The summed E-state index contributed by atoms with van der Waals surface area (Å²) < 4.78 is 5.20. The maximum Gasteiger partial charge on any atom is 0.243 e. The largest absolute Gasteiger partial charge is 0.339 e. The van der Waals surface area contributed by atoms with Crippen molar-refractivity contribution in [2.45, 2.75) is 31.2 Å². The molecule has 0 bridgehead atoms. The SMILES string of the molecule is N[C@H]1CC[C@H](c2nc(C(=O)c3ccccc3)no2)C1. The van der Waals surface area contributed by atoms with E-state index >= 15 is 0 Å². The van der Waals surface area contributed by atoms with Gasteiger partial charge in [0, 0.05) is 17.5 Å². The summed E-state index contributed by atoms with van der Waals surface area (Å²) in [6.45, 7) is 0. The molecule has 0 aliphatic heterocycles. The highest BCUT2D eigenvalue weighted by Crippen LogP contribution is 2.32. The van der Waals surface area contributed by atoms with Crippen molar-refractivity contribution in [3.05, 3.63) is 47.6 Å². The Bertz CT molecular complexity index is 579. The highest BCUT2D eigenvalue weighted by molar-refractivity contribution is 6.06. The molecule has 0 spiro atoms. The zero-order valence-electron chi connectivity index (χ0n) is 10.5. The molecule has 0 amide bonds. The van der Waals surface area contributed by atoms with Crippen LogP contribution >= 0.6 is 0 Å². The van der Waals surface area contributed by atoms with Crippen molar-refractivity contribution in [2.24, 2.45) is 5.73 Å². The molecule has 98 valence electrons. The molecule has 1 aliphatic carbocycles. The van der Waals surface area contributed by atoms with Crippen molar-refractivity contribution in [1.29, 1.82) is 0 Å². The number of hydrogen-bond donors (Lipinski definition) is 1. The minimum Gasteiger partial charge on any atom is -0.339 e. The number of carbonyl (C=O) groups excluding carboxylic acids is 1. The fourth-order valence-corrected chi connectivity index (χ4v) is 2.45. The number of carbonyl (C=O) groups is 1. The molecule has 1 saturated carbocycles. The molecule has 1 aliphatic rings. The Kier molecular flexibility index (Phi) is 3.13. The minimum atomic E-state index is -0.210. The number of hydrogen-bond acceptors (Lipinski definition) is 5. The average molecular weight is 257 g/mol. The molecule has 0 radical (unpaired) electrons. The zero-order chi connectivity index (χ0) is 13.2. The lowest BCUT2D eigenvalue weighted by molar-refractivity contribution is 0.102. The van der Waals surface area contributed by atoms with E-state index in [0.29, 0.717) is 11.5 Å². The van der Waals surface area contributed by atoms with Crippen LogP contribution in [0.2, 0.25) is 0 Å². The Morgan fingerprint density at radius 3 is 2.74 bits per heavy atom. The Morgan fingerprint density at radius 2 is 2.05 bits per heavy atom. The molecule has 0 saturated heterocycles. The Morgan fingerprint density at radius 1 is 1.26 bits per heavy atom. The lowest BCUT2D eigenvalue weighted by Crippen LogP contribution is -2.14. The summed E-state index contributed by atoms with van der Waals surface area (Å²) in [4.78, 5) is 16.3. The van der Waals surface area contributed by atoms with E-state index in [0.717, 1.165) is 19.3 Å². The van der Waals surface area contributed by atoms with Gasteiger partial charge in [-0.15, -0.1) is 0 Å². The molecule has 1 fully saturated rings. The van der Waals surface area contributed by atoms with Crippen molar-refractivity contribution in [2.75, 3.05) is 0 Å². The fraction of sp³-hybridized carbons (Fsp3) is 0.357. The van der Waals surface area contributed by atoms with Crippen LogP contribution in [-0.2, 0) is 0 Å². The van der Waals surface area contributed by atoms with Crippen molar-refractivity contribution >= 4 is 5.78 Å². The standard InChI is InChI=1S/C14H15N3O2/c15-11-7-6-10(8-11)14-16-13(17-19-14)12(18)9-4-2-1-3-5-9/h1-5,10-11H,6-8,15H2/t10-,11-/m0/s1. The Balaban J connectivity index is 1.80. The van der Waals surface area contributed by atoms with Crippen LogP contribution in [0.4, 0.5) is 0 Å². The smallest absolute Gasteiger partial charge is 0.243 e. The van der Waals surface area contributed by atoms with Gasteiger partial charge in [-0.25, -0.2) is 0 Å². The van der Waals surface area contributed by atoms with Crippen LogP contribution in [0.5, 0.6) is 0 Å². The second-order valence-corrected chi connectivity index (χ2v) is 4.92. The van der Waals surface area contributed by atoms with Crippen molar-refractivity contribution in [3.8, 4) is 0 Å². The first kappa shape index (κ1) is 12.0. The van der Waals surface area contributed by atoms with Gasteiger partial charge in [0.2, 0.25) is 17.5 Å². The second-order valence-electron chi connectivity index (χ2n) is 4.92. The van der Waals surface area contributed by atoms with E-state index in [1.54, 1.807) is 12.1 Å². The van der Waals surface area contributed by atoms with Gasteiger partial charge in [-0.1, -0.05) is 35.5 Å². The molecule has 5 heteroatoms. The maximum atomic E-state index is 12.1. The van der Waals surface area contributed by atoms with E-state index in [9.17, 15) is 4.79 Å². The quantitative estimate of drug-likeness (QED) is 0.849. The van der Waals surface area contributed by atoms with E-state index in [1.165, 1.54) is 0 Å².